The number of carbonyl (C=O) groups is 1. The lowest BCUT2D eigenvalue weighted by Crippen LogP contribution is -2.32. The largest absolute Gasteiger partial charge is 0.508 e. The SMILES string of the molecule is Cc1ccc(N(C(N)=O)c2cc(C(F)(F)F)cc(C(F)(F)F)c2)cc1O. The number of benzene rings is 2. The molecular formula is C16H12F6N2O2. The molecule has 0 bridgehead atoms. The molecule has 0 radical (unpaired) electrons. The number of rotatable bonds is 2. The monoisotopic (exact) mass is 378 g/mol. The van der Waals surface area contributed by atoms with Gasteiger partial charge in [-0.15, -0.1) is 0 Å². The normalized spacial score (nSPS) is 12.1. The number of carbonyl (C=O) groups excluding carboxylic acids is 1. The van der Waals surface area contributed by atoms with Crippen LogP contribution in [-0.2, 0) is 12.4 Å². The molecule has 0 saturated heterocycles. The Hall–Kier alpha value is -2.91. The lowest BCUT2D eigenvalue weighted by Gasteiger charge is -2.23. The number of hydrogen-bond donors (Lipinski definition) is 2. The number of nitrogens with two attached hydrogens (primary N) is 1. The average molecular weight is 378 g/mol. The topological polar surface area (TPSA) is 66.6 Å². The van der Waals surface area contributed by atoms with E-state index < -0.39 is 35.2 Å². The van der Waals surface area contributed by atoms with E-state index in [0.717, 1.165) is 6.07 Å². The maximum absolute atomic E-state index is 13.0. The molecule has 0 saturated carbocycles. The molecule has 26 heavy (non-hydrogen) atoms. The summed E-state index contributed by atoms with van der Waals surface area (Å²) in [6.07, 6.45) is -10.1. The Labute approximate surface area is 143 Å². The highest BCUT2D eigenvalue weighted by Gasteiger charge is 2.38. The first-order valence-corrected chi connectivity index (χ1v) is 6.99. The summed E-state index contributed by atoms with van der Waals surface area (Å²) in [6, 6.07) is 2.93. The molecule has 3 N–H and O–H groups in total. The molecule has 140 valence electrons. The zero-order valence-corrected chi connectivity index (χ0v) is 13.1. The number of primary amides is 1. The standard InChI is InChI=1S/C16H12F6N2O2/c1-8-2-3-11(7-13(8)25)24(14(23)26)12-5-9(15(17,18)19)4-10(6-12)16(20,21)22/h2-7,25H,1H3,(H2,23,26). The van der Waals surface area contributed by atoms with Gasteiger partial charge >= 0.3 is 18.4 Å². The molecule has 0 aliphatic heterocycles. The fourth-order valence-corrected chi connectivity index (χ4v) is 2.21. The Morgan fingerprint density at radius 1 is 0.923 bits per heavy atom. The molecule has 0 heterocycles. The number of aryl methyl sites for hydroxylation is 1. The zero-order valence-electron chi connectivity index (χ0n) is 13.1. The van der Waals surface area contributed by atoms with Crippen LogP contribution in [0.5, 0.6) is 5.75 Å². The summed E-state index contributed by atoms with van der Waals surface area (Å²) in [5.74, 6) is -0.309. The molecule has 0 fully saturated rings. The zero-order chi connectivity index (χ0) is 19.9. The summed E-state index contributed by atoms with van der Waals surface area (Å²) in [5, 5.41) is 9.71. The van der Waals surface area contributed by atoms with Crippen molar-refractivity contribution in [2.45, 2.75) is 19.3 Å². The third-order valence-electron chi connectivity index (χ3n) is 3.50. The van der Waals surface area contributed by atoms with Crippen molar-refractivity contribution < 1.29 is 36.2 Å². The van der Waals surface area contributed by atoms with E-state index in [4.69, 9.17) is 5.73 Å². The summed E-state index contributed by atoms with van der Waals surface area (Å²) in [6.45, 7) is 1.51. The molecule has 0 atom stereocenters. The number of alkyl halides is 6. The van der Waals surface area contributed by atoms with Crippen molar-refractivity contribution in [2.24, 2.45) is 5.73 Å². The second-order valence-corrected chi connectivity index (χ2v) is 5.41. The van der Waals surface area contributed by atoms with Crippen LogP contribution < -0.4 is 10.6 Å². The Morgan fingerprint density at radius 2 is 1.42 bits per heavy atom. The fraction of sp³-hybridized carbons (Fsp3) is 0.188. The van der Waals surface area contributed by atoms with E-state index in [1.54, 1.807) is 0 Å². The summed E-state index contributed by atoms with van der Waals surface area (Å²) < 4.78 is 77.9. The first-order chi connectivity index (χ1) is 11.8. The molecule has 4 nitrogen and oxygen atoms in total. The molecule has 2 amide bonds. The van der Waals surface area contributed by atoms with Crippen molar-refractivity contribution in [3.63, 3.8) is 0 Å². The van der Waals surface area contributed by atoms with Gasteiger partial charge in [0.25, 0.3) is 0 Å². The molecular weight excluding hydrogens is 366 g/mol. The number of hydrogen-bond acceptors (Lipinski definition) is 2. The lowest BCUT2D eigenvalue weighted by molar-refractivity contribution is -0.143. The van der Waals surface area contributed by atoms with E-state index in [-0.39, 0.29) is 17.5 Å². The highest BCUT2D eigenvalue weighted by Crippen LogP contribution is 2.40. The molecule has 0 spiro atoms. The number of urea groups is 1. The summed E-state index contributed by atoms with van der Waals surface area (Å²) in [5.41, 5.74) is 1.43. The smallest absolute Gasteiger partial charge is 0.416 e. The minimum Gasteiger partial charge on any atom is -0.508 e. The molecule has 0 aliphatic carbocycles. The van der Waals surface area contributed by atoms with Crippen molar-refractivity contribution in [1.29, 1.82) is 0 Å². The minimum atomic E-state index is -5.07. The van der Waals surface area contributed by atoms with Gasteiger partial charge in [0.15, 0.2) is 0 Å². The van der Waals surface area contributed by atoms with Gasteiger partial charge in [-0.1, -0.05) is 6.07 Å². The Balaban J connectivity index is 2.72. The van der Waals surface area contributed by atoms with Crippen molar-refractivity contribution in [3.05, 3.63) is 53.1 Å². The number of phenolic OH excluding ortho intramolecular Hbond substituents is 1. The van der Waals surface area contributed by atoms with Crippen LogP contribution >= 0.6 is 0 Å². The fourth-order valence-electron chi connectivity index (χ4n) is 2.21. The molecule has 0 aromatic heterocycles. The maximum Gasteiger partial charge on any atom is 0.416 e. The second-order valence-electron chi connectivity index (χ2n) is 5.41. The number of phenols is 1. The van der Waals surface area contributed by atoms with Crippen LogP contribution in [0.4, 0.5) is 42.5 Å². The van der Waals surface area contributed by atoms with E-state index in [1.165, 1.54) is 19.1 Å². The van der Waals surface area contributed by atoms with Crippen molar-refractivity contribution >= 4 is 17.4 Å². The Kier molecular flexibility index (Phi) is 4.80. The third-order valence-corrected chi connectivity index (χ3v) is 3.50. The second kappa shape index (κ2) is 6.43. The Bertz CT molecular complexity index is 813. The molecule has 2 aromatic carbocycles. The first-order valence-electron chi connectivity index (χ1n) is 6.99. The predicted molar refractivity (Wildman–Crippen MR) is 81.0 cm³/mol. The summed E-state index contributed by atoms with van der Waals surface area (Å²) >= 11 is 0. The van der Waals surface area contributed by atoms with Gasteiger partial charge in [0.05, 0.1) is 22.5 Å². The highest BCUT2D eigenvalue weighted by molar-refractivity contribution is 5.98. The molecule has 10 heteroatoms. The van der Waals surface area contributed by atoms with Crippen molar-refractivity contribution in [3.8, 4) is 5.75 Å². The molecule has 2 aromatic rings. The van der Waals surface area contributed by atoms with Crippen LogP contribution in [0, 0.1) is 6.92 Å². The van der Waals surface area contributed by atoms with Crippen LogP contribution in [0.1, 0.15) is 16.7 Å². The maximum atomic E-state index is 13.0. The van der Waals surface area contributed by atoms with Gasteiger partial charge in [-0.2, -0.15) is 26.3 Å². The lowest BCUT2D eigenvalue weighted by atomic mass is 10.1. The van der Waals surface area contributed by atoms with E-state index in [9.17, 15) is 36.2 Å². The summed E-state index contributed by atoms with van der Waals surface area (Å²) in [4.78, 5) is 12.2. The van der Waals surface area contributed by atoms with Gasteiger partial charge in [-0.3, -0.25) is 4.90 Å². The van der Waals surface area contributed by atoms with Crippen molar-refractivity contribution in [2.75, 3.05) is 4.90 Å². The highest BCUT2D eigenvalue weighted by atomic mass is 19.4. The van der Waals surface area contributed by atoms with Crippen LogP contribution in [0.25, 0.3) is 0 Å². The minimum absolute atomic E-state index is 0.0602. The first kappa shape index (κ1) is 19.4. The number of halogens is 6. The molecule has 2 rings (SSSR count). The predicted octanol–water partition coefficient (Wildman–Crippen LogP) is 4.96. The van der Waals surface area contributed by atoms with Crippen LogP contribution in [0.2, 0.25) is 0 Å². The number of aromatic hydroxyl groups is 1. The number of amides is 2. The third kappa shape index (κ3) is 4.01. The van der Waals surface area contributed by atoms with Gasteiger partial charge in [-0.05, 0) is 36.8 Å². The van der Waals surface area contributed by atoms with Crippen LogP contribution in [0.3, 0.4) is 0 Å². The van der Waals surface area contributed by atoms with Gasteiger partial charge in [0.2, 0.25) is 0 Å². The van der Waals surface area contributed by atoms with Gasteiger partial charge < -0.3 is 10.8 Å². The van der Waals surface area contributed by atoms with E-state index in [1.807, 2.05) is 0 Å². The van der Waals surface area contributed by atoms with Crippen LogP contribution in [-0.4, -0.2) is 11.1 Å². The van der Waals surface area contributed by atoms with Gasteiger partial charge in [0, 0.05) is 6.07 Å². The van der Waals surface area contributed by atoms with Crippen molar-refractivity contribution in [1.82, 2.24) is 0 Å². The van der Waals surface area contributed by atoms with Crippen LogP contribution in [0.15, 0.2) is 36.4 Å². The van der Waals surface area contributed by atoms with Gasteiger partial charge in [0.1, 0.15) is 5.75 Å². The summed E-state index contributed by atoms with van der Waals surface area (Å²) in [7, 11) is 0. The number of nitrogens with zero attached hydrogens (tertiary/aromatic N) is 1. The molecule has 0 unspecified atom stereocenters. The number of anilines is 2. The van der Waals surface area contributed by atoms with E-state index in [2.05, 4.69) is 0 Å². The van der Waals surface area contributed by atoms with E-state index in [0.29, 0.717) is 22.6 Å². The Morgan fingerprint density at radius 3 is 1.81 bits per heavy atom. The quantitative estimate of drug-likeness (QED) is 0.726. The van der Waals surface area contributed by atoms with E-state index >= 15 is 0 Å². The molecule has 0 aliphatic rings. The van der Waals surface area contributed by atoms with Gasteiger partial charge in [-0.25, -0.2) is 4.79 Å². The average Bonchev–Trinajstić information content (AvgIpc) is 2.48.